The zero-order valence-corrected chi connectivity index (χ0v) is 16.1. The number of nitrogens with zero attached hydrogens (tertiary/aromatic N) is 9. The fourth-order valence-corrected chi connectivity index (χ4v) is 2.53. The highest BCUT2D eigenvalue weighted by atomic mass is 15.4. The third-order valence-electron chi connectivity index (χ3n) is 3.95. The molecule has 0 aliphatic carbocycles. The lowest BCUT2D eigenvalue weighted by Gasteiger charge is -2.10. The lowest BCUT2D eigenvalue weighted by Crippen LogP contribution is -2.09. The monoisotopic (exact) mass is 407 g/mol. The van der Waals surface area contributed by atoms with Crippen LogP contribution in [-0.4, -0.2) is 42.8 Å². The van der Waals surface area contributed by atoms with Crippen molar-refractivity contribution in [2.45, 2.75) is 19.3 Å². The second-order valence-electron chi connectivity index (χ2n) is 6.09. The van der Waals surface area contributed by atoms with Crippen molar-refractivity contribution in [1.29, 1.82) is 5.26 Å². The van der Waals surface area contributed by atoms with E-state index >= 15 is 0 Å². The molecule has 0 unspecified atom stereocenters. The van der Waals surface area contributed by atoms with E-state index in [0.29, 0.717) is 18.9 Å². The summed E-state index contributed by atoms with van der Waals surface area (Å²) in [7, 11) is 0. The van der Waals surface area contributed by atoms with Gasteiger partial charge in [0.15, 0.2) is 23.1 Å². The molecule has 0 bridgehead atoms. The fourth-order valence-electron chi connectivity index (χ4n) is 2.53. The van der Waals surface area contributed by atoms with Gasteiger partial charge < -0.3 is 22.5 Å². The lowest BCUT2D eigenvalue weighted by molar-refractivity contribution is 0.706. The molecule has 0 saturated heterocycles. The van der Waals surface area contributed by atoms with Crippen molar-refractivity contribution in [2.24, 2.45) is 16.0 Å². The van der Waals surface area contributed by atoms with E-state index in [0.717, 1.165) is 19.3 Å². The van der Waals surface area contributed by atoms with E-state index in [9.17, 15) is 5.26 Å². The number of nitrogen functional groups attached to an aromatic ring is 2. The Morgan fingerprint density at radius 3 is 2.63 bits per heavy atom. The first-order valence-corrected chi connectivity index (χ1v) is 9.18. The minimum absolute atomic E-state index is 0.0105. The summed E-state index contributed by atoms with van der Waals surface area (Å²) in [4.78, 5) is 16.3. The third-order valence-corrected chi connectivity index (χ3v) is 3.95. The van der Waals surface area contributed by atoms with Crippen molar-refractivity contribution in [3.63, 3.8) is 0 Å². The van der Waals surface area contributed by atoms with Crippen LogP contribution in [0.2, 0.25) is 0 Å². The molecule has 3 heterocycles. The molecule has 0 aromatic carbocycles. The van der Waals surface area contributed by atoms with Gasteiger partial charge in [0.1, 0.15) is 11.6 Å². The predicted molar refractivity (Wildman–Crippen MR) is 110 cm³/mol. The van der Waals surface area contributed by atoms with Crippen molar-refractivity contribution >= 4 is 29.1 Å². The van der Waals surface area contributed by atoms with Crippen LogP contribution in [0.3, 0.4) is 0 Å². The lowest BCUT2D eigenvalue weighted by atomic mass is 10.2. The molecule has 3 rings (SSSR count). The number of aromatic nitrogens is 6. The quantitative estimate of drug-likeness (QED) is 0.296. The first-order valence-electron chi connectivity index (χ1n) is 9.18. The van der Waals surface area contributed by atoms with E-state index < -0.39 is 0 Å². The van der Waals surface area contributed by atoms with Gasteiger partial charge in [0.25, 0.3) is 5.95 Å². The molecule has 3 aromatic heterocycles. The second kappa shape index (κ2) is 9.85. The van der Waals surface area contributed by atoms with E-state index in [-0.39, 0.29) is 34.8 Å². The van der Waals surface area contributed by atoms with Gasteiger partial charge in [-0.3, -0.25) is 0 Å². The van der Waals surface area contributed by atoms with Gasteiger partial charge in [0.05, 0.1) is 6.20 Å². The first-order chi connectivity index (χ1) is 14.6. The molecule has 3 aromatic rings. The average Bonchev–Trinajstić information content (AvgIpc) is 3.16. The number of nitrogens with one attached hydrogen (secondary N) is 1. The topological polar surface area (TPSA) is 208 Å². The second-order valence-corrected chi connectivity index (χ2v) is 6.09. The van der Waals surface area contributed by atoms with Crippen LogP contribution in [0.5, 0.6) is 0 Å². The van der Waals surface area contributed by atoms with E-state index in [1.165, 1.54) is 10.9 Å². The maximum absolute atomic E-state index is 9.38. The molecule has 0 spiro atoms. The molecule has 0 amide bonds. The Labute approximate surface area is 172 Å². The van der Waals surface area contributed by atoms with Crippen molar-refractivity contribution in [1.82, 2.24) is 29.7 Å². The average molecular weight is 407 g/mol. The molecule has 13 nitrogen and oxygen atoms in total. The van der Waals surface area contributed by atoms with Crippen LogP contribution < -0.4 is 22.5 Å². The zero-order valence-electron chi connectivity index (χ0n) is 16.1. The Balaban J connectivity index is 1.91. The normalized spacial score (nSPS) is 10.9. The number of nitrogens with two attached hydrogens (primary N) is 3. The van der Waals surface area contributed by atoms with Crippen molar-refractivity contribution in [2.75, 3.05) is 29.9 Å². The summed E-state index contributed by atoms with van der Waals surface area (Å²) in [5.74, 6) is 0.797. The summed E-state index contributed by atoms with van der Waals surface area (Å²) in [5.41, 5.74) is 17.6. The highest BCUT2D eigenvalue weighted by Gasteiger charge is 2.16. The zero-order chi connectivity index (χ0) is 21.3. The number of hydrogen-bond acceptors (Lipinski definition) is 12. The van der Waals surface area contributed by atoms with Crippen LogP contribution >= 0.6 is 0 Å². The van der Waals surface area contributed by atoms with E-state index in [4.69, 9.17) is 17.2 Å². The number of unbranched alkanes of at least 4 members (excludes halogenated alkanes) is 2. The van der Waals surface area contributed by atoms with Gasteiger partial charge in [0, 0.05) is 18.9 Å². The largest absolute Gasteiger partial charge is 0.382 e. The summed E-state index contributed by atoms with van der Waals surface area (Å²) in [6.07, 6.45) is 7.24. The van der Waals surface area contributed by atoms with Gasteiger partial charge in [-0.15, -0.1) is 10.2 Å². The molecule has 30 heavy (non-hydrogen) atoms. The molecule has 0 fully saturated rings. The SMILES string of the molecule is N#Cc1cnn(-c2ncccn2)c1N=Nc1c(N)nc(N)nc1NCCCCCN. The van der Waals surface area contributed by atoms with Crippen molar-refractivity contribution < 1.29 is 0 Å². The van der Waals surface area contributed by atoms with Gasteiger partial charge in [-0.2, -0.15) is 25.0 Å². The van der Waals surface area contributed by atoms with Gasteiger partial charge in [-0.1, -0.05) is 6.42 Å². The van der Waals surface area contributed by atoms with Crippen LogP contribution in [0, 0.1) is 11.3 Å². The number of anilines is 3. The van der Waals surface area contributed by atoms with Crippen LogP contribution in [0.15, 0.2) is 34.9 Å². The van der Waals surface area contributed by atoms with Crippen molar-refractivity contribution in [3.05, 3.63) is 30.2 Å². The number of azo groups is 1. The van der Waals surface area contributed by atoms with E-state index in [1.54, 1.807) is 18.5 Å². The summed E-state index contributed by atoms with van der Waals surface area (Å²) in [6, 6.07) is 3.68. The van der Waals surface area contributed by atoms with Crippen molar-refractivity contribution in [3.8, 4) is 12.0 Å². The Bertz CT molecular complexity index is 1050. The molecular weight excluding hydrogens is 386 g/mol. The Morgan fingerprint density at radius 2 is 1.90 bits per heavy atom. The molecule has 0 atom stereocenters. The molecule has 0 radical (unpaired) electrons. The highest BCUT2D eigenvalue weighted by Crippen LogP contribution is 2.32. The molecule has 0 aliphatic rings. The molecular formula is C17H21N13. The molecule has 0 aliphatic heterocycles. The van der Waals surface area contributed by atoms with E-state index in [2.05, 4.69) is 40.6 Å². The fraction of sp³-hybridized carbons (Fsp3) is 0.294. The molecule has 13 heteroatoms. The number of hydrogen-bond donors (Lipinski definition) is 4. The Hall–Kier alpha value is -4.18. The van der Waals surface area contributed by atoms with Crippen LogP contribution in [0.4, 0.5) is 29.1 Å². The number of rotatable bonds is 9. The van der Waals surface area contributed by atoms with E-state index in [1.807, 2.05) is 6.07 Å². The van der Waals surface area contributed by atoms with Crippen LogP contribution in [0.1, 0.15) is 24.8 Å². The highest BCUT2D eigenvalue weighted by molar-refractivity contribution is 5.73. The molecule has 154 valence electrons. The summed E-state index contributed by atoms with van der Waals surface area (Å²) < 4.78 is 1.30. The Morgan fingerprint density at radius 1 is 1.10 bits per heavy atom. The minimum Gasteiger partial charge on any atom is -0.382 e. The summed E-state index contributed by atoms with van der Waals surface area (Å²) in [5, 5.41) is 25.0. The van der Waals surface area contributed by atoms with Crippen LogP contribution in [0.25, 0.3) is 5.95 Å². The van der Waals surface area contributed by atoms with Gasteiger partial charge in [-0.25, -0.2) is 9.97 Å². The van der Waals surface area contributed by atoms with Gasteiger partial charge in [-0.05, 0) is 25.5 Å². The smallest absolute Gasteiger partial charge is 0.252 e. The summed E-state index contributed by atoms with van der Waals surface area (Å²) in [6.45, 7) is 1.27. The summed E-state index contributed by atoms with van der Waals surface area (Å²) >= 11 is 0. The van der Waals surface area contributed by atoms with Crippen LogP contribution in [-0.2, 0) is 0 Å². The van der Waals surface area contributed by atoms with Gasteiger partial charge in [0.2, 0.25) is 5.95 Å². The third kappa shape index (κ3) is 4.80. The minimum atomic E-state index is 0.0105. The number of nitriles is 1. The maximum Gasteiger partial charge on any atom is 0.252 e. The predicted octanol–water partition coefficient (Wildman–Crippen LogP) is 1.44. The van der Waals surface area contributed by atoms with Gasteiger partial charge >= 0.3 is 0 Å². The first kappa shape index (κ1) is 20.6. The molecule has 7 N–H and O–H groups in total. The molecule has 0 saturated carbocycles. The Kier molecular flexibility index (Phi) is 6.74. The standard InChI is InChI=1S/C17H21N13/c18-5-2-1-3-6-22-14-12(13(20)26-16(21)27-14)28-29-15-11(9-19)10-25-30(15)17-23-7-4-8-24-17/h4,7-8,10H,1-3,5-6,18H2,(H5,20,21,22,26,27). The maximum atomic E-state index is 9.38.